The SMILES string of the molecule is Nc1[nH]ncc1C(=O)c1cccnc1. The molecular formula is C9H8N4O. The van der Waals surface area contributed by atoms with Gasteiger partial charge in [-0.1, -0.05) is 0 Å². The zero-order valence-corrected chi connectivity index (χ0v) is 7.27. The highest BCUT2D eigenvalue weighted by atomic mass is 16.1. The minimum absolute atomic E-state index is 0.177. The first-order chi connectivity index (χ1) is 6.79. The van der Waals surface area contributed by atoms with Crippen LogP contribution >= 0.6 is 0 Å². The van der Waals surface area contributed by atoms with Crippen LogP contribution in [-0.4, -0.2) is 21.0 Å². The van der Waals surface area contributed by atoms with Gasteiger partial charge in [-0.2, -0.15) is 5.10 Å². The first-order valence-electron chi connectivity index (χ1n) is 4.02. The van der Waals surface area contributed by atoms with E-state index in [4.69, 9.17) is 5.73 Å². The van der Waals surface area contributed by atoms with Gasteiger partial charge in [-0.15, -0.1) is 0 Å². The van der Waals surface area contributed by atoms with E-state index in [1.165, 1.54) is 12.4 Å². The molecule has 2 heterocycles. The van der Waals surface area contributed by atoms with E-state index in [0.717, 1.165) is 0 Å². The smallest absolute Gasteiger partial charge is 0.199 e. The number of aromatic nitrogens is 3. The Kier molecular flexibility index (Phi) is 1.98. The molecule has 70 valence electrons. The van der Waals surface area contributed by atoms with Crippen LogP contribution in [0.4, 0.5) is 5.82 Å². The average Bonchev–Trinajstić information content (AvgIpc) is 2.65. The summed E-state index contributed by atoms with van der Waals surface area (Å²) in [6.07, 6.45) is 4.51. The molecule has 0 spiro atoms. The molecule has 0 saturated carbocycles. The summed E-state index contributed by atoms with van der Waals surface area (Å²) in [6.45, 7) is 0. The molecule has 5 nitrogen and oxygen atoms in total. The van der Waals surface area contributed by atoms with Gasteiger partial charge in [0.15, 0.2) is 5.78 Å². The number of nitrogens with one attached hydrogen (secondary N) is 1. The van der Waals surface area contributed by atoms with E-state index >= 15 is 0 Å². The van der Waals surface area contributed by atoms with Crippen LogP contribution in [0.15, 0.2) is 30.7 Å². The van der Waals surface area contributed by atoms with Crippen molar-refractivity contribution in [3.8, 4) is 0 Å². The molecule has 5 heteroatoms. The first-order valence-corrected chi connectivity index (χ1v) is 4.02. The van der Waals surface area contributed by atoms with Gasteiger partial charge in [0.1, 0.15) is 5.82 Å². The highest BCUT2D eigenvalue weighted by molar-refractivity contribution is 6.11. The normalized spacial score (nSPS) is 10.0. The number of pyridine rings is 1. The lowest BCUT2D eigenvalue weighted by Gasteiger charge is -1.97. The Labute approximate surface area is 80.0 Å². The summed E-state index contributed by atoms with van der Waals surface area (Å²) in [6, 6.07) is 3.38. The maximum atomic E-state index is 11.7. The van der Waals surface area contributed by atoms with Gasteiger partial charge in [0, 0.05) is 18.0 Å². The molecule has 0 fully saturated rings. The van der Waals surface area contributed by atoms with Gasteiger partial charge >= 0.3 is 0 Å². The van der Waals surface area contributed by atoms with Crippen molar-refractivity contribution >= 4 is 11.6 Å². The van der Waals surface area contributed by atoms with Crippen molar-refractivity contribution in [2.75, 3.05) is 5.73 Å². The van der Waals surface area contributed by atoms with Crippen molar-refractivity contribution in [2.45, 2.75) is 0 Å². The van der Waals surface area contributed by atoms with E-state index in [0.29, 0.717) is 11.1 Å². The number of nitrogens with two attached hydrogens (primary N) is 1. The molecule has 2 aromatic heterocycles. The number of anilines is 1. The van der Waals surface area contributed by atoms with E-state index in [2.05, 4.69) is 15.2 Å². The maximum Gasteiger partial charge on any atom is 0.199 e. The van der Waals surface area contributed by atoms with Gasteiger partial charge in [0.2, 0.25) is 0 Å². The molecule has 0 saturated heterocycles. The van der Waals surface area contributed by atoms with Crippen LogP contribution in [-0.2, 0) is 0 Å². The number of carbonyl (C=O) groups excluding carboxylic acids is 1. The molecule has 0 aliphatic heterocycles. The number of hydrogen-bond acceptors (Lipinski definition) is 4. The summed E-state index contributed by atoms with van der Waals surface area (Å²) >= 11 is 0. The van der Waals surface area contributed by atoms with Gasteiger partial charge in [0.05, 0.1) is 11.8 Å². The summed E-state index contributed by atoms with van der Waals surface area (Å²) in [5.74, 6) is 0.100. The molecule has 0 bridgehead atoms. The van der Waals surface area contributed by atoms with Crippen molar-refractivity contribution in [1.29, 1.82) is 0 Å². The summed E-state index contributed by atoms with van der Waals surface area (Å²) in [5, 5.41) is 6.18. The third kappa shape index (κ3) is 1.35. The van der Waals surface area contributed by atoms with Gasteiger partial charge in [-0.3, -0.25) is 14.9 Å². The van der Waals surface area contributed by atoms with Crippen LogP contribution < -0.4 is 5.73 Å². The predicted molar refractivity (Wildman–Crippen MR) is 50.7 cm³/mol. The summed E-state index contributed by atoms with van der Waals surface area (Å²) < 4.78 is 0. The number of ketones is 1. The van der Waals surface area contributed by atoms with Gasteiger partial charge in [-0.05, 0) is 12.1 Å². The molecule has 0 amide bonds. The number of carbonyl (C=O) groups is 1. The standard InChI is InChI=1S/C9H8N4O/c10-9-7(5-12-13-9)8(14)6-2-1-3-11-4-6/h1-5H,(H3,10,12,13). The zero-order valence-electron chi connectivity index (χ0n) is 7.27. The Morgan fingerprint density at radius 3 is 2.86 bits per heavy atom. The van der Waals surface area contributed by atoms with Crippen LogP contribution in [0.3, 0.4) is 0 Å². The largest absolute Gasteiger partial charge is 0.383 e. The first kappa shape index (κ1) is 8.43. The molecular weight excluding hydrogens is 180 g/mol. The van der Waals surface area contributed by atoms with E-state index in [9.17, 15) is 4.79 Å². The average molecular weight is 188 g/mol. The van der Waals surface area contributed by atoms with E-state index < -0.39 is 0 Å². The van der Waals surface area contributed by atoms with Crippen molar-refractivity contribution in [2.24, 2.45) is 0 Å². The molecule has 2 rings (SSSR count). The molecule has 0 atom stereocenters. The third-order valence-corrected chi connectivity index (χ3v) is 1.84. The van der Waals surface area contributed by atoms with E-state index in [-0.39, 0.29) is 11.6 Å². The molecule has 0 aromatic carbocycles. The third-order valence-electron chi connectivity index (χ3n) is 1.84. The molecule has 2 aromatic rings. The monoisotopic (exact) mass is 188 g/mol. The van der Waals surface area contributed by atoms with E-state index in [1.54, 1.807) is 18.3 Å². The topological polar surface area (TPSA) is 84.7 Å². The van der Waals surface area contributed by atoms with Crippen LogP contribution in [0.5, 0.6) is 0 Å². The Balaban J connectivity index is 2.39. The lowest BCUT2D eigenvalue weighted by Crippen LogP contribution is -2.03. The molecule has 0 radical (unpaired) electrons. The quantitative estimate of drug-likeness (QED) is 0.676. The number of rotatable bonds is 2. The fourth-order valence-electron chi connectivity index (χ4n) is 1.13. The Morgan fingerprint density at radius 2 is 2.29 bits per heavy atom. The van der Waals surface area contributed by atoms with E-state index in [1.807, 2.05) is 0 Å². The molecule has 0 aliphatic carbocycles. The fourth-order valence-corrected chi connectivity index (χ4v) is 1.13. The van der Waals surface area contributed by atoms with Crippen molar-refractivity contribution < 1.29 is 4.79 Å². The van der Waals surface area contributed by atoms with Gasteiger partial charge in [-0.25, -0.2) is 0 Å². The van der Waals surface area contributed by atoms with Gasteiger partial charge < -0.3 is 5.73 Å². The lowest BCUT2D eigenvalue weighted by molar-refractivity contribution is 0.103. The van der Waals surface area contributed by atoms with Crippen LogP contribution in [0, 0.1) is 0 Å². The number of nitrogen functional groups attached to an aromatic ring is 1. The second kappa shape index (κ2) is 3.29. The predicted octanol–water partition coefficient (Wildman–Crippen LogP) is 0.618. The van der Waals surface area contributed by atoms with Crippen molar-refractivity contribution in [1.82, 2.24) is 15.2 Å². The lowest BCUT2D eigenvalue weighted by atomic mass is 10.1. The highest BCUT2D eigenvalue weighted by Gasteiger charge is 2.13. The van der Waals surface area contributed by atoms with Crippen molar-refractivity contribution in [3.05, 3.63) is 41.9 Å². The number of aromatic amines is 1. The number of hydrogen-bond donors (Lipinski definition) is 2. The summed E-state index contributed by atoms with van der Waals surface area (Å²) in [7, 11) is 0. The van der Waals surface area contributed by atoms with Crippen LogP contribution in [0.25, 0.3) is 0 Å². The Morgan fingerprint density at radius 1 is 1.43 bits per heavy atom. The number of H-pyrrole nitrogens is 1. The minimum Gasteiger partial charge on any atom is -0.383 e. The van der Waals surface area contributed by atoms with Crippen LogP contribution in [0.2, 0.25) is 0 Å². The minimum atomic E-state index is -0.177. The Hall–Kier alpha value is -2.17. The Bertz CT molecular complexity index is 449. The molecule has 0 aliphatic rings. The zero-order chi connectivity index (χ0) is 9.97. The second-order valence-electron chi connectivity index (χ2n) is 2.77. The van der Waals surface area contributed by atoms with Crippen molar-refractivity contribution in [3.63, 3.8) is 0 Å². The summed E-state index contributed by atoms with van der Waals surface area (Å²) in [4.78, 5) is 15.6. The molecule has 14 heavy (non-hydrogen) atoms. The molecule has 0 unspecified atom stereocenters. The second-order valence-corrected chi connectivity index (χ2v) is 2.77. The van der Waals surface area contributed by atoms with Gasteiger partial charge in [0.25, 0.3) is 0 Å². The molecule has 3 N–H and O–H groups in total. The highest BCUT2D eigenvalue weighted by Crippen LogP contribution is 2.12. The van der Waals surface area contributed by atoms with Crippen LogP contribution in [0.1, 0.15) is 15.9 Å². The number of nitrogens with zero attached hydrogens (tertiary/aromatic N) is 2. The fraction of sp³-hybridized carbons (Fsp3) is 0. The summed E-state index contributed by atoms with van der Waals surface area (Å²) in [5.41, 5.74) is 6.39. The maximum absolute atomic E-state index is 11.7.